The Labute approximate surface area is 103 Å². The number of aliphatic hydroxyl groups is 1. The van der Waals surface area contributed by atoms with Crippen molar-refractivity contribution in [2.24, 2.45) is 0 Å². The predicted molar refractivity (Wildman–Crippen MR) is 68.7 cm³/mol. The molecule has 0 spiro atoms. The normalized spacial score (nSPS) is 18.8. The van der Waals surface area contributed by atoms with E-state index in [0.29, 0.717) is 0 Å². The lowest BCUT2D eigenvalue weighted by molar-refractivity contribution is 0.0145. The van der Waals surface area contributed by atoms with Gasteiger partial charge in [-0.15, -0.1) is 0 Å². The van der Waals surface area contributed by atoms with Gasteiger partial charge in [-0.1, -0.05) is 18.9 Å². The zero-order chi connectivity index (χ0) is 12.3. The third-order valence-corrected chi connectivity index (χ3v) is 3.48. The molecule has 0 unspecified atom stereocenters. The van der Waals surface area contributed by atoms with Gasteiger partial charge in [-0.25, -0.2) is 0 Å². The van der Waals surface area contributed by atoms with Gasteiger partial charge in [0.05, 0.1) is 5.60 Å². The Bertz CT molecular complexity index is 372. The highest BCUT2D eigenvalue weighted by Gasteiger charge is 2.31. The van der Waals surface area contributed by atoms with Gasteiger partial charge in [0.1, 0.15) is 0 Å². The Morgan fingerprint density at radius 2 is 2.06 bits per heavy atom. The van der Waals surface area contributed by atoms with E-state index in [4.69, 9.17) is 0 Å². The molecule has 0 aromatic carbocycles. The van der Waals surface area contributed by atoms with Crippen molar-refractivity contribution in [1.82, 2.24) is 9.88 Å². The van der Waals surface area contributed by atoms with Crippen LogP contribution in [-0.2, 0) is 6.54 Å². The molecule has 1 fully saturated rings. The van der Waals surface area contributed by atoms with Crippen LogP contribution < -0.4 is 0 Å². The fourth-order valence-corrected chi connectivity index (χ4v) is 2.77. The van der Waals surface area contributed by atoms with Crippen LogP contribution in [0.2, 0.25) is 0 Å². The second-order valence-electron chi connectivity index (χ2n) is 5.47. The first kappa shape index (κ1) is 12.5. The minimum Gasteiger partial charge on any atom is -0.389 e. The van der Waals surface area contributed by atoms with Crippen molar-refractivity contribution in [3.8, 4) is 0 Å². The summed E-state index contributed by atoms with van der Waals surface area (Å²) in [5.74, 6) is 0. The van der Waals surface area contributed by atoms with Crippen LogP contribution in [0.1, 0.15) is 36.8 Å². The molecule has 3 nitrogen and oxygen atoms in total. The van der Waals surface area contributed by atoms with E-state index in [1.54, 1.807) is 0 Å². The number of likely N-dealkylation sites (N-methyl/N-ethyl adjacent to an activating group) is 1. The van der Waals surface area contributed by atoms with Crippen molar-refractivity contribution in [3.63, 3.8) is 0 Å². The summed E-state index contributed by atoms with van der Waals surface area (Å²) >= 11 is 0. The van der Waals surface area contributed by atoms with E-state index in [1.807, 2.05) is 12.4 Å². The van der Waals surface area contributed by atoms with Gasteiger partial charge in [-0.05, 0) is 37.9 Å². The third-order valence-electron chi connectivity index (χ3n) is 3.48. The highest BCUT2D eigenvalue weighted by Crippen LogP contribution is 2.30. The van der Waals surface area contributed by atoms with Crippen LogP contribution in [-0.4, -0.2) is 34.2 Å². The summed E-state index contributed by atoms with van der Waals surface area (Å²) in [6.07, 6.45) is 8.00. The molecule has 1 heterocycles. The maximum absolute atomic E-state index is 10.3. The molecule has 17 heavy (non-hydrogen) atoms. The number of rotatable bonds is 4. The lowest BCUT2D eigenvalue weighted by Gasteiger charge is -2.28. The van der Waals surface area contributed by atoms with Crippen molar-refractivity contribution in [3.05, 3.63) is 29.6 Å². The van der Waals surface area contributed by atoms with E-state index in [9.17, 15) is 5.11 Å². The summed E-state index contributed by atoms with van der Waals surface area (Å²) in [5.41, 5.74) is 1.95. The van der Waals surface area contributed by atoms with Crippen molar-refractivity contribution in [2.75, 3.05) is 13.6 Å². The first-order valence-electron chi connectivity index (χ1n) is 6.39. The Morgan fingerprint density at radius 1 is 1.35 bits per heavy atom. The number of hydrogen-bond acceptors (Lipinski definition) is 3. The van der Waals surface area contributed by atoms with Crippen LogP contribution in [0, 0.1) is 6.92 Å². The Kier molecular flexibility index (Phi) is 3.79. The van der Waals surface area contributed by atoms with E-state index in [1.165, 1.54) is 11.1 Å². The van der Waals surface area contributed by atoms with Gasteiger partial charge in [0.15, 0.2) is 0 Å². The molecule has 0 saturated heterocycles. The van der Waals surface area contributed by atoms with Crippen LogP contribution in [0.4, 0.5) is 0 Å². The van der Waals surface area contributed by atoms with Crippen molar-refractivity contribution >= 4 is 0 Å². The molecule has 2 rings (SSSR count). The Morgan fingerprint density at radius 3 is 2.71 bits per heavy atom. The molecule has 1 aliphatic rings. The van der Waals surface area contributed by atoms with Gasteiger partial charge < -0.3 is 5.11 Å². The van der Waals surface area contributed by atoms with Crippen LogP contribution in [0.3, 0.4) is 0 Å². The number of aryl methyl sites for hydroxylation is 1. The molecular weight excluding hydrogens is 212 g/mol. The molecule has 1 aromatic rings. The number of aromatic nitrogens is 1. The van der Waals surface area contributed by atoms with Crippen molar-refractivity contribution in [1.29, 1.82) is 0 Å². The van der Waals surface area contributed by atoms with E-state index < -0.39 is 5.60 Å². The molecule has 0 aliphatic heterocycles. The zero-order valence-electron chi connectivity index (χ0n) is 10.8. The van der Waals surface area contributed by atoms with Gasteiger partial charge in [0.25, 0.3) is 0 Å². The molecule has 94 valence electrons. The molecule has 1 aliphatic carbocycles. The van der Waals surface area contributed by atoms with Crippen LogP contribution >= 0.6 is 0 Å². The summed E-state index contributed by atoms with van der Waals surface area (Å²) in [6.45, 7) is 3.68. The maximum atomic E-state index is 10.3. The maximum Gasteiger partial charge on any atom is 0.0774 e. The van der Waals surface area contributed by atoms with E-state index in [2.05, 4.69) is 29.9 Å². The zero-order valence-corrected chi connectivity index (χ0v) is 10.8. The summed E-state index contributed by atoms with van der Waals surface area (Å²) in [4.78, 5) is 6.39. The molecule has 1 saturated carbocycles. The van der Waals surface area contributed by atoms with E-state index >= 15 is 0 Å². The van der Waals surface area contributed by atoms with Crippen LogP contribution in [0.15, 0.2) is 18.5 Å². The van der Waals surface area contributed by atoms with Crippen molar-refractivity contribution < 1.29 is 5.11 Å². The standard InChI is InChI=1S/C14H22N2O/c1-12-7-13(9-15-8-12)10-16(2)11-14(17)5-3-4-6-14/h7-9,17H,3-6,10-11H2,1-2H3. The van der Waals surface area contributed by atoms with Crippen LogP contribution in [0.5, 0.6) is 0 Å². The second-order valence-corrected chi connectivity index (χ2v) is 5.47. The molecule has 1 aromatic heterocycles. The number of nitrogens with zero attached hydrogens (tertiary/aromatic N) is 2. The number of hydrogen-bond donors (Lipinski definition) is 1. The average molecular weight is 234 g/mol. The van der Waals surface area contributed by atoms with Gasteiger partial charge in [0.2, 0.25) is 0 Å². The SMILES string of the molecule is Cc1cncc(CN(C)CC2(O)CCCC2)c1. The largest absolute Gasteiger partial charge is 0.389 e. The smallest absolute Gasteiger partial charge is 0.0774 e. The highest BCUT2D eigenvalue weighted by atomic mass is 16.3. The predicted octanol–water partition coefficient (Wildman–Crippen LogP) is 2.13. The average Bonchev–Trinajstić information content (AvgIpc) is 2.64. The fraction of sp³-hybridized carbons (Fsp3) is 0.643. The molecule has 0 atom stereocenters. The van der Waals surface area contributed by atoms with Gasteiger partial charge in [-0.3, -0.25) is 9.88 Å². The van der Waals surface area contributed by atoms with E-state index in [-0.39, 0.29) is 0 Å². The third kappa shape index (κ3) is 3.51. The first-order valence-corrected chi connectivity index (χ1v) is 6.39. The van der Waals surface area contributed by atoms with Crippen LogP contribution in [0.25, 0.3) is 0 Å². The molecule has 0 bridgehead atoms. The first-order chi connectivity index (χ1) is 8.07. The lowest BCUT2D eigenvalue weighted by Crippen LogP contribution is -2.38. The summed E-state index contributed by atoms with van der Waals surface area (Å²) < 4.78 is 0. The Hall–Kier alpha value is -0.930. The molecule has 0 radical (unpaired) electrons. The minimum atomic E-state index is -0.452. The summed E-state index contributed by atoms with van der Waals surface area (Å²) in [6, 6.07) is 2.15. The molecular formula is C14H22N2O. The van der Waals surface area contributed by atoms with Gasteiger partial charge >= 0.3 is 0 Å². The number of pyridine rings is 1. The lowest BCUT2D eigenvalue weighted by atomic mass is 10.0. The quantitative estimate of drug-likeness (QED) is 0.867. The van der Waals surface area contributed by atoms with E-state index in [0.717, 1.165) is 38.8 Å². The van der Waals surface area contributed by atoms with Gasteiger partial charge in [0, 0.05) is 25.5 Å². The monoisotopic (exact) mass is 234 g/mol. The molecule has 3 heteroatoms. The topological polar surface area (TPSA) is 36.4 Å². The summed E-state index contributed by atoms with van der Waals surface area (Å²) in [7, 11) is 2.07. The fourth-order valence-electron chi connectivity index (χ4n) is 2.77. The second kappa shape index (κ2) is 5.15. The highest BCUT2D eigenvalue weighted by molar-refractivity contribution is 5.16. The molecule has 1 N–H and O–H groups in total. The van der Waals surface area contributed by atoms with Crippen molar-refractivity contribution in [2.45, 2.75) is 44.8 Å². The Balaban J connectivity index is 1.90. The van der Waals surface area contributed by atoms with Gasteiger partial charge in [-0.2, -0.15) is 0 Å². The molecule has 0 amide bonds. The minimum absolute atomic E-state index is 0.452. The summed E-state index contributed by atoms with van der Waals surface area (Å²) in [5, 5.41) is 10.3.